The number of thiazole rings is 1. The van der Waals surface area contributed by atoms with Crippen molar-refractivity contribution in [3.63, 3.8) is 0 Å². The molecule has 1 N–H and O–H groups in total. The molecule has 2 heterocycles. The highest BCUT2D eigenvalue weighted by Gasteiger charge is 2.13. The normalized spacial score (nSPS) is 11.0. The van der Waals surface area contributed by atoms with Crippen molar-refractivity contribution in [1.82, 2.24) is 9.55 Å². The van der Waals surface area contributed by atoms with Crippen LogP contribution in [0.2, 0.25) is 0 Å². The minimum Gasteiger partial charge on any atom is -0.408 e. The number of amides is 1. The molecule has 0 unspecified atom stereocenters. The van der Waals surface area contributed by atoms with Crippen molar-refractivity contribution in [3.05, 3.63) is 69.5 Å². The van der Waals surface area contributed by atoms with E-state index < -0.39 is 5.76 Å². The number of nitrogens with one attached hydrogen (secondary N) is 1. The number of hydrogen-bond acceptors (Lipinski definition) is 5. The molecule has 1 amide bonds. The van der Waals surface area contributed by atoms with Gasteiger partial charge in [-0.1, -0.05) is 24.3 Å². The van der Waals surface area contributed by atoms with Crippen LogP contribution in [-0.2, 0) is 11.3 Å². The first-order valence-electron chi connectivity index (χ1n) is 8.01. The first-order valence-corrected chi connectivity index (χ1v) is 8.89. The molecule has 4 rings (SSSR count). The van der Waals surface area contributed by atoms with E-state index in [0.29, 0.717) is 16.8 Å². The van der Waals surface area contributed by atoms with E-state index in [2.05, 4.69) is 10.3 Å². The molecule has 4 aromatic rings. The number of para-hydroxylation sites is 2. The Hall–Kier alpha value is -3.19. The van der Waals surface area contributed by atoms with E-state index in [-0.39, 0.29) is 12.5 Å². The standard InChI is InChI=1S/C19H15N3O3S/c1-12-20-15(11-26-12)13-5-4-6-14(9-13)21-18(23)10-22-16-7-2-3-8-17(16)25-19(22)24/h2-9,11H,10H2,1H3,(H,21,23). The highest BCUT2D eigenvalue weighted by molar-refractivity contribution is 7.09. The molecule has 26 heavy (non-hydrogen) atoms. The third kappa shape index (κ3) is 3.16. The summed E-state index contributed by atoms with van der Waals surface area (Å²) in [5.74, 6) is -0.849. The van der Waals surface area contributed by atoms with Crippen LogP contribution in [0.1, 0.15) is 5.01 Å². The fourth-order valence-corrected chi connectivity index (χ4v) is 3.38. The predicted molar refractivity (Wildman–Crippen MR) is 101 cm³/mol. The van der Waals surface area contributed by atoms with Crippen LogP contribution in [0.4, 0.5) is 5.69 Å². The summed E-state index contributed by atoms with van der Waals surface area (Å²) in [7, 11) is 0. The Balaban J connectivity index is 1.55. The lowest BCUT2D eigenvalue weighted by molar-refractivity contribution is -0.116. The van der Waals surface area contributed by atoms with Gasteiger partial charge in [0.05, 0.1) is 16.2 Å². The van der Waals surface area contributed by atoms with Crippen LogP contribution < -0.4 is 11.1 Å². The first-order chi connectivity index (χ1) is 12.6. The quantitative estimate of drug-likeness (QED) is 0.599. The molecule has 0 fully saturated rings. The molecule has 0 radical (unpaired) electrons. The zero-order valence-electron chi connectivity index (χ0n) is 13.9. The highest BCUT2D eigenvalue weighted by Crippen LogP contribution is 2.24. The summed E-state index contributed by atoms with van der Waals surface area (Å²) < 4.78 is 6.47. The van der Waals surface area contributed by atoms with Gasteiger partial charge in [-0.3, -0.25) is 9.36 Å². The molecule has 0 bridgehead atoms. The maximum absolute atomic E-state index is 12.4. The molecule has 0 aliphatic carbocycles. The Morgan fingerprint density at radius 1 is 1.23 bits per heavy atom. The highest BCUT2D eigenvalue weighted by atomic mass is 32.1. The van der Waals surface area contributed by atoms with Gasteiger partial charge in [-0.25, -0.2) is 9.78 Å². The molecular weight excluding hydrogens is 350 g/mol. The van der Waals surface area contributed by atoms with Crippen molar-refractivity contribution in [2.24, 2.45) is 0 Å². The molecule has 130 valence electrons. The number of aromatic nitrogens is 2. The number of nitrogens with zero attached hydrogens (tertiary/aromatic N) is 2. The van der Waals surface area contributed by atoms with E-state index in [9.17, 15) is 9.59 Å². The van der Waals surface area contributed by atoms with Gasteiger partial charge < -0.3 is 9.73 Å². The van der Waals surface area contributed by atoms with Crippen LogP contribution in [0.5, 0.6) is 0 Å². The molecule has 0 atom stereocenters. The summed E-state index contributed by atoms with van der Waals surface area (Å²) in [5.41, 5.74) is 3.52. The van der Waals surface area contributed by atoms with Gasteiger partial charge in [0.2, 0.25) is 5.91 Å². The zero-order chi connectivity index (χ0) is 18.1. The maximum Gasteiger partial charge on any atom is 0.420 e. The number of carbonyl (C=O) groups is 1. The minimum absolute atomic E-state index is 0.115. The Labute approximate surface area is 152 Å². The zero-order valence-corrected chi connectivity index (χ0v) is 14.7. The van der Waals surface area contributed by atoms with E-state index in [1.807, 2.05) is 30.5 Å². The Bertz CT molecular complexity index is 1160. The lowest BCUT2D eigenvalue weighted by Crippen LogP contribution is -2.24. The smallest absolute Gasteiger partial charge is 0.408 e. The van der Waals surface area contributed by atoms with Crippen molar-refractivity contribution in [3.8, 4) is 11.3 Å². The summed E-state index contributed by atoms with van der Waals surface area (Å²) >= 11 is 1.58. The number of aryl methyl sites for hydroxylation is 1. The summed E-state index contributed by atoms with van der Waals surface area (Å²) in [6, 6.07) is 14.5. The molecule has 0 aliphatic heterocycles. The number of anilines is 1. The van der Waals surface area contributed by atoms with Crippen molar-refractivity contribution in [2.75, 3.05) is 5.32 Å². The molecule has 7 heteroatoms. The molecule has 2 aromatic heterocycles. The average Bonchev–Trinajstić information content (AvgIpc) is 3.19. The monoisotopic (exact) mass is 365 g/mol. The largest absolute Gasteiger partial charge is 0.420 e. The van der Waals surface area contributed by atoms with Crippen LogP contribution in [0.3, 0.4) is 0 Å². The average molecular weight is 365 g/mol. The summed E-state index contributed by atoms with van der Waals surface area (Å²) in [4.78, 5) is 28.8. The molecule has 0 spiro atoms. The van der Waals surface area contributed by atoms with Crippen molar-refractivity contribution in [2.45, 2.75) is 13.5 Å². The lowest BCUT2D eigenvalue weighted by Gasteiger charge is -2.07. The fraction of sp³-hybridized carbons (Fsp3) is 0.105. The molecule has 0 saturated heterocycles. The summed E-state index contributed by atoms with van der Waals surface area (Å²) in [5, 5.41) is 5.79. The third-order valence-corrected chi connectivity index (χ3v) is 4.71. The SMILES string of the molecule is Cc1nc(-c2cccc(NC(=O)Cn3c(=O)oc4ccccc43)c2)cs1. The number of benzene rings is 2. The lowest BCUT2D eigenvalue weighted by atomic mass is 10.1. The van der Waals surface area contributed by atoms with Gasteiger partial charge in [-0.15, -0.1) is 11.3 Å². The number of carbonyl (C=O) groups excluding carboxylic acids is 1. The van der Waals surface area contributed by atoms with Crippen molar-refractivity contribution >= 4 is 34.0 Å². The molecule has 6 nitrogen and oxygen atoms in total. The number of fused-ring (bicyclic) bond motifs is 1. The Morgan fingerprint density at radius 3 is 2.88 bits per heavy atom. The summed E-state index contributed by atoms with van der Waals surface area (Å²) in [6.07, 6.45) is 0. The van der Waals surface area contributed by atoms with Gasteiger partial charge in [-0.05, 0) is 31.2 Å². The van der Waals surface area contributed by atoms with Gasteiger partial charge in [0.25, 0.3) is 0 Å². The molecule has 0 saturated carbocycles. The van der Waals surface area contributed by atoms with Gasteiger partial charge in [0.15, 0.2) is 5.58 Å². The van der Waals surface area contributed by atoms with Crippen molar-refractivity contribution in [1.29, 1.82) is 0 Å². The van der Waals surface area contributed by atoms with E-state index in [1.54, 1.807) is 41.7 Å². The second-order valence-electron chi connectivity index (χ2n) is 5.80. The Morgan fingerprint density at radius 2 is 2.08 bits per heavy atom. The van der Waals surface area contributed by atoms with E-state index >= 15 is 0 Å². The van der Waals surface area contributed by atoms with Crippen LogP contribution in [-0.4, -0.2) is 15.5 Å². The van der Waals surface area contributed by atoms with Crippen LogP contribution in [0, 0.1) is 6.92 Å². The van der Waals surface area contributed by atoms with Gasteiger partial charge in [0, 0.05) is 16.6 Å². The van der Waals surface area contributed by atoms with Crippen LogP contribution in [0.15, 0.2) is 63.1 Å². The van der Waals surface area contributed by atoms with Crippen LogP contribution >= 0.6 is 11.3 Å². The van der Waals surface area contributed by atoms with Gasteiger partial charge >= 0.3 is 5.76 Å². The summed E-state index contributed by atoms with van der Waals surface area (Å²) in [6.45, 7) is 1.84. The van der Waals surface area contributed by atoms with E-state index in [0.717, 1.165) is 16.3 Å². The number of rotatable bonds is 4. The van der Waals surface area contributed by atoms with Crippen LogP contribution in [0.25, 0.3) is 22.4 Å². The Kier molecular flexibility index (Phi) is 4.14. The number of oxazole rings is 1. The fourth-order valence-electron chi connectivity index (χ4n) is 2.76. The number of hydrogen-bond donors (Lipinski definition) is 1. The second-order valence-corrected chi connectivity index (χ2v) is 6.86. The molecular formula is C19H15N3O3S. The van der Waals surface area contributed by atoms with Crippen molar-refractivity contribution < 1.29 is 9.21 Å². The predicted octanol–water partition coefficient (Wildman–Crippen LogP) is 3.67. The second kappa shape index (κ2) is 6.61. The molecule has 2 aromatic carbocycles. The minimum atomic E-state index is -0.548. The van der Waals surface area contributed by atoms with E-state index in [4.69, 9.17) is 4.42 Å². The van der Waals surface area contributed by atoms with Gasteiger partial charge in [-0.2, -0.15) is 0 Å². The maximum atomic E-state index is 12.4. The third-order valence-electron chi connectivity index (χ3n) is 3.94. The first kappa shape index (κ1) is 16.3. The van der Waals surface area contributed by atoms with E-state index in [1.165, 1.54) is 4.57 Å². The van der Waals surface area contributed by atoms with Gasteiger partial charge in [0.1, 0.15) is 6.54 Å². The molecule has 0 aliphatic rings. The topological polar surface area (TPSA) is 77.1 Å².